The van der Waals surface area contributed by atoms with E-state index in [1.165, 1.54) is 4.90 Å². The summed E-state index contributed by atoms with van der Waals surface area (Å²) in [5.41, 5.74) is -0.352. The van der Waals surface area contributed by atoms with E-state index in [0.717, 1.165) is 51.4 Å². The first-order valence-corrected chi connectivity index (χ1v) is 10.9. The number of rotatable bonds is 2. The number of pyridine rings is 1. The van der Waals surface area contributed by atoms with Crippen molar-refractivity contribution in [2.24, 2.45) is 5.41 Å². The van der Waals surface area contributed by atoms with Gasteiger partial charge < -0.3 is 24.4 Å². The van der Waals surface area contributed by atoms with Crippen LogP contribution in [-0.2, 0) is 14.3 Å². The summed E-state index contributed by atoms with van der Waals surface area (Å²) in [6.07, 6.45) is 2.63. The quantitative estimate of drug-likeness (QED) is 0.767. The van der Waals surface area contributed by atoms with Gasteiger partial charge in [-0.05, 0) is 57.6 Å². The Balaban J connectivity index is 1.48. The molecule has 9 nitrogen and oxygen atoms in total. The monoisotopic (exact) mass is 432 g/mol. The molecule has 4 rings (SSSR count). The number of hydrogen-bond donors (Lipinski definition) is 1. The molecule has 0 radical (unpaired) electrons. The molecular weight excluding hydrogens is 400 g/mol. The third kappa shape index (κ3) is 4.71. The Hall–Kier alpha value is -2.55. The molecule has 3 aliphatic heterocycles. The number of nitrogens with one attached hydrogen (secondary N) is 1. The van der Waals surface area contributed by atoms with Crippen LogP contribution in [0.5, 0.6) is 5.75 Å². The van der Waals surface area contributed by atoms with Crippen LogP contribution in [0.25, 0.3) is 0 Å². The van der Waals surface area contributed by atoms with Crippen molar-refractivity contribution in [3.8, 4) is 5.75 Å². The summed E-state index contributed by atoms with van der Waals surface area (Å²) in [5.74, 6) is 1.53. The van der Waals surface area contributed by atoms with Gasteiger partial charge in [0, 0.05) is 33.4 Å². The van der Waals surface area contributed by atoms with Gasteiger partial charge in [-0.15, -0.1) is 0 Å². The molecule has 1 aromatic heterocycles. The Morgan fingerprint density at radius 1 is 1.26 bits per heavy atom. The van der Waals surface area contributed by atoms with Gasteiger partial charge in [-0.25, -0.2) is 9.78 Å². The lowest BCUT2D eigenvalue weighted by molar-refractivity contribution is -0.120. The number of nitrogens with zero attached hydrogens (tertiary/aromatic N) is 3. The fourth-order valence-corrected chi connectivity index (χ4v) is 4.43. The number of likely N-dealkylation sites (N-methyl/N-ethyl adjacent to an activating group) is 1. The zero-order valence-corrected chi connectivity index (χ0v) is 18.8. The van der Waals surface area contributed by atoms with E-state index in [1.807, 2.05) is 12.1 Å². The number of ether oxygens (including phenoxy) is 3. The van der Waals surface area contributed by atoms with Crippen molar-refractivity contribution >= 4 is 23.6 Å². The molecule has 9 heteroatoms. The van der Waals surface area contributed by atoms with Gasteiger partial charge in [0.1, 0.15) is 24.1 Å². The number of alkyl carbamates (subject to hydrolysis) is 1. The highest BCUT2D eigenvalue weighted by Crippen LogP contribution is 2.42. The zero-order valence-electron chi connectivity index (χ0n) is 18.8. The molecule has 1 N–H and O–H groups in total. The molecule has 31 heavy (non-hydrogen) atoms. The molecular formula is C22H32N4O5. The molecule has 2 saturated heterocycles. The number of fused-ring (bicyclic) bond motifs is 1. The molecule has 0 aromatic carbocycles. The van der Waals surface area contributed by atoms with Crippen LogP contribution in [0.1, 0.15) is 40.0 Å². The fourth-order valence-electron chi connectivity index (χ4n) is 4.43. The fraction of sp³-hybridized carbons (Fsp3) is 0.682. The second-order valence-electron chi connectivity index (χ2n) is 9.68. The topological polar surface area (TPSA) is 93.2 Å². The van der Waals surface area contributed by atoms with Gasteiger partial charge in [-0.3, -0.25) is 9.69 Å². The van der Waals surface area contributed by atoms with Gasteiger partial charge in [-0.2, -0.15) is 0 Å². The highest BCUT2D eigenvalue weighted by Gasteiger charge is 2.40. The van der Waals surface area contributed by atoms with E-state index < -0.39 is 17.7 Å². The summed E-state index contributed by atoms with van der Waals surface area (Å²) in [6.45, 7) is 8.86. The first-order valence-electron chi connectivity index (χ1n) is 10.9. The van der Waals surface area contributed by atoms with Gasteiger partial charge in [0.15, 0.2) is 11.6 Å². The van der Waals surface area contributed by atoms with Crippen LogP contribution < -0.4 is 19.9 Å². The number of hydrogen-bond acceptors (Lipinski definition) is 7. The summed E-state index contributed by atoms with van der Waals surface area (Å²) in [5, 5.41) is 2.61. The van der Waals surface area contributed by atoms with Gasteiger partial charge in [0.25, 0.3) is 5.91 Å². The van der Waals surface area contributed by atoms with Gasteiger partial charge >= 0.3 is 6.09 Å². The van der Waals surface area contributed by atoms with E-state index in [2.05, 4.69) is 10.2 Å². The summed E-state index contributed by atoms with van der Waals surface area (Å²) >= 11 is 0. The average molecular weight is 433 g/mol. The van der Waals surface area contributed by atoms with Crippen LogP contribution in [-0.4, -0.2) is 68.6 Å². The molecule has 1 aromatic rings. The Bertz CT molecular complexity index is 847. The van der Waals surface area contributed by atoms with E-state index in [4.69, 9.17) is 19.2 Å². The Morgan fingerprint density at radius 3 is 2.71 bits per heavy atom. The molecule has 2 amide bonds. The standard InChI is InChI=1S/C22H32N4O5/c1-21(2,3)31-20(28)23-15-13-30-16-5-6-17(24-18(16)25(4)19(15)27)26-10-7-22(14-26)8-11-29-12-9-22/h5-6,15H,7-14H2,1-4H3,(H,23,28)/t15-/m0/s1. The van der Waals surface area contributed by atoms with Crippen molar-refractivity contribution in [2.45, 2.75) is 51.7 Å². The number of carbonyl (C=O) groups is 2. The molecule has 170 valence electrons. The maximum absolute atomic E-state index is 13.0. The SMILES string of the molecule is CN1C(=O)[C@@H](NC(=O)OC(C)(C)C)COc2ccc(N3CCC4(CCOCC4)C3)nc21. The van der Waals surface area contributed by atoms with Crippen molar-refractivity contribution in [2.75, 3.05) is 49.8 Å². The summed E-state index contributed by atoms with van der Waals surface area (Å²) in [6, 6.07) is 2.94. The van der Waals surface area contributed by atoms with E-state index in [-0.39, 0.29) is 12.5 Å². The molecule has 4 heterocycles. The van der Waals surface area contributed by atoms with Crippen molar-refractivity contribution < 1.29 is 23.8 Å². The maximum atomic E-state index is 13.0. The minimum Gasteiger partial charge on any atom is -0.487 e. The minimum atomic E-state index is -0.852. The normalized spacial score (nSPS) is 23.2. The van der Waals surface area contributed by atoms with Crippen LogP contribution >= 0.6 is 0 Å². The molecule has 0 saturated carbocycles. The first kappa shape index (κ1) is 21.7. The number of aromatic nitrogens is 1. The predicted octanol–water partition coefficient (Wildman–Crippen LogP) is 2.34. The van der Waals surface area contributed by atoms with E-state index in [9.17, 15) is 9.59 Å². The van der Waals surface area contributed by atoms with E-state index >= 15 is 0 Å². The molecule has 1 spiro atoms. The van der Waals surface area contributed by atoms with Crippen LogP contribution in [0.15, 0.2) is 12.1 Å². The minimum absolute atomic E-state index is 0.0171. The largest absolute Gasteiger partial charge is 0.487 e. The third-order valence-corrected chi connectivity index (χ3v) is 6.18. The number of carbonyl (C=O) groups excluding carboxylic acids is 2. The van der Waals surface area contributed by atoms with E-state index in [1.54, 1.807) is 27.8 Å². The predicted molar refractivity (Wildman–Crippen MR) is 116 cm³/mol. The van der Waals surface area contributed by atoms with Crippen molar-refractivity contribution in [3.05, 3.63) is 12.1 Å². The first-order chi connectivity index (χ1) is 14.7. The van der Waals surface area contributed by atoms with Crippen LogP contribution in [0.3, 0.4) is 0 Å². The Morgan fingerprint density at radius 2 is 2.00 bits per heavy atom. The molecule has 0 bridgehead atoms. The smallest absolute Gasteiger partial charge is 0.408 e. The summed E-state index contributed by atoms with van der Waals surface area (Å²) in [7, 11) is 1.65. The second kappa shape index (κ2) is 8.18. The number of anilines is 2. The third-order valence-electron chi connectivity index (χ3n) is 6.18. The second-order valence-corrected chi connectivity index (χ2v) is 9.68. The number of amides is 2. The molecule has 3 aliphatic rings. The van der Waals surface area contributed by atoms with Crippen LogP contribution in [0, 0.1) is 5.41 Å². The van der Waals surface area contributed by atoms with Gasteiger partial charge in [-0.1, -0.05) is 0 Å². The highest BCUT2D eigenvalue weighted by molar-refractivity contribution is 5.99. The molecule has 0 aliphatic carbocycles. The van der Waals surface area contributed by atoms with Gasteiger partial charge in [0.05, 0.1) is 0 Å². The molecule has 0 unspecified atom stereocenters. The lowest BCUT2D eigenvalue weighted by Gasteiger charge is -2.33. The summed E-state index contributed by atoms with van der Waals surface area (Å²) < 4.78 is 16.6. The van der Waals surface area contributed by atoms with E-state index in [0.29, 0.717) is 17.0 Å². The van der Waals surface area contributed by atoms with Crippen molar-refractivity contribution in [1.82, 2.24) is 10.3 Å². The van der Waals surface area contributed by atoms with Crippen LogP contribution in [0.4, 0.5) is 16.4 Å². The maximum Gasteiger partial charge on any atom is 0.408 e. The molecule has 2 fully saturated rings. The lowest BCUT2D eigenvalue weighted by Crippen LogP contribution is -2.50. The summed E-state index contributed by atoms with van der Waals surface area (Å²) in [4.78, 5) is 33.6. The average Bonchev–Trinajstić information content (AvgIpc) is 3.07. The van der Waals surface area contributed by atoms with Crippen molar-refractivity contribution in [1.29, 1.82) is 0 Å². The van der Waals surface area contributed by atoms with Crippen molar-refractivity contribution in [3.63, 3.8) is 0 Å². The van der Waals surface area contributed by atoms with Crippen LogP contribution in [0.2, 0.25) is 0 Å². The van der Waals surface area contributed by atoms with Gasteiger partial charge in [0.2, 0.25) is 0 Å². The lowest BCUT2D eigenvalue weighted by atomic mass is 9.80. The highest BCUT2D eigenvalue weighted by atomic mass is 16.6. The zero-order chi connectivity index (χ0) is 22.2. The molecule has 1 atom stereocenters. The Labute approximate surface area is 183 Å². The Kier molecular flexibility index (Phi) is 5.72.